The molecule has 1 aliphatic rings. The highest BCUT2D eigenvalue weighted by Crippen LogP contribution is 2.34. The Bertz CT molecular complexity index is 655. The highest BCUT2D eigenvalue weighted by molar-refractivity contribution is 8.26. The Morgan fingerprint density at radius 2 is 2.04 bits per heavy atom. The predicted octanol–water partition coefficient (Wildman–Crippen LogP) is 2.85. The lowest BCUT2D eigenvalue weighted by molar-refractivity contribution is -0.147. The summed E-state index contributed by atoms with van der Waals surface area (Å²) in [4.78, 5) is 25.9. The number of hydrogen-bond donors (Lipinski definition) is 0. The Balaban J connectivity index is 2.19. The Morgan fingerprint density at radius 1 is 1.39 bits per heavy atom. The smallest absolute Gasteiger partial charge is 0.328 e. The predicted molar refractivity (Wildman–Crippen MR) is 94.1 cm³/mol. The summed E-state index contributed by atoms with van der Waals surface area (Å²) in [5.41, 5.74) is 0.861. The average molecular weight is 351 g/mol. The van der Waals surface area contributed by atoms with Crippen LogP contribution in [-0.4, -0.2) is 40.9 Å². The quantitative estimate of drug-likeness (QED) is 0.462. The van der Waals surface area contributed by atoms with Crippen molar-refractivity contribution >= 4 is 46.3 Å². The minimum Gasteiger partial charge on any atom is -0.494 e. The van der Waals surface area contributed by atoms with Gasteiger partial charge in [0, 0.05) is 0 Å². The van der Waals surface area contributed by atoms with E-state index in [2.05, 4.69) is 4.74 Å². The van der Waals surface area contributed by atoms with Crippen LogP contribution in [0.2, 0.25) is 0 Å². The average Bonchev–Trinajstić information content (AvgIpc) is 2.82. The monoisotopic (exact) mass is 351 g/mol. The van der Waals surface area contributed by atoms with E-state index in [4.69, 9.17) is 17.0 Å². The van der Waals surface area contributed by atoms with Gasteiger partial charge in [0.15, 0.2) is 0 Å². The summed E-state index contributed by atoms with van der Waals surface area (Å²) in [5.74, 6) is -0.00749. The summed E-state index contributed by atoms with van der Waals surface area (Å²) >= 11 is 6.39. The van der Waals surface area contributed by atoms with E-state index in [1.165, 1.54) is 23.8 Å². The van der Waals surface area contributed by atoms with Gasteiger partial charge < -0.3 is 9.47 Å². The van der Waals surface area contributed by atoms with Crippen molar-refractivity contribution < 1.29 is 19.1 Å². The molecule has 1 aromatic carbocycles. The molecule has 122 valence electrons. The lowest BCUT2D eigenvalue weighted by Crippen LogP contribution is -2.42. The Labute approximate surface area is 144 Å². The van der Waals surface area contributed by atoms with Gasteiger partial charge in [-0.25, -0.2) is 4.79 Å². The lowest BCUT2D eigenvalue weighted by Gasteiger charge is -2.20. The molecule has 1 amide bonds. The topological polar surface area (TPSA) is 55.8 Å². The van der Waals surface area contributed by atoms with Crippen molar-refractivity contribution in [3.63, 3.8) is 0 Å². The number of carbonyl (C=O) groups excluding carboxylic acids is 2. The molecule has 5 nitrogen and oxygen atoms in total. The summed E-state index contributed by atoms with van der Waals surface area (Å²) in [7, 11) is 1.28. The van der Waals surface area contributed by atoms with Crippen LogP contribution in [0.4, 0.5) is 0 Å². The van der Waals surface area contributed by atoms with Gasteiger partial charge in [-0.05, 0) is 37.6 Å². The first-order valence-corrected chi connectivity index (χ1v) is 8.28. The summed E-state index contributed by atoms with van der Waals surface area (Å²) in [5, 5.41) is 0. The summed E-state index contributed by atoms with van der Waals surface area (Å²) in [6, 6.07) is 6.67. The first-order valence-electron chi connectivity index (χ1n) is 7.05. The highest BCUT2D eigenvalue weighted by Gasteiger charge is 2.38. The summed E-state index contributed by atoms with van der Waals surface area (Å²) in [6.45, 7) is 4.11. The SMILES string of the molecule is CCOc1ccc(/C=C2/SC(=S)N([C@@H](C)C(=O)OC)C2=O)cc1. The fraction of sp³-hybridized carbons (Fsp3) is 0.312. The van der Waals surface area contributed by atoms with Crippen molar-refractivity contribution in [2.45, 2.75) is 19.9 Å². The molecule has 2 rings (SSSR count). The van der Waals surface area contributed by atoms with E-state index in [0.717, 1.165) is 11.3 Å². The van der Waals surface area contributed by atoms with Crippen molar-refractivity contribution in [1.29, 1.82) is 0 Å². The van der Waals surface area contributed by atoms with Crippen LogP contribution in [0.1, 0.15) is 19.4 Å². The van der Waals surface area contributed by atoms with Crippen LogP contribution in [0, 0.1) is 0 Å². The molecule has 0 radical (unpaired) electrons. The molecule has 0 spiro atoms. The van der Waals surface area contributed by atoms with E-state index in [9.17, 15) is 9.59 Å². The number of esters is 1. The second-order valence-electron chi connectivity index (χ2n) is 4.75. The molecular formula is C16H17NO4S2. The number of carbonyl (C=O) groups is 2. The highest BCUT2D eigenvalue weighted by atomic mass is 32.2. The van der Waals surface area contributed by atoms with Crippen LogP contribution < -0.4 is 4.74 Å². The Kier molecular flexibility index (Phi) is 5.79. The van der Waals surface area contributed by atoms with Gasteiger partial charge in [0.25, 0.3) is 5.91 Å². The first kappa shape index (κ1) is 17.5. The van der Waals surface area contributed by atoms with E-state index >= 15 is 0 Å². The molecule has 0 bridgehead atoms. The Hall–Kier alpha value is -1.86. The zero-order valence-corrected chi connectivity index (χ0v) is 14.7. The molecule has 0 aromatic heterocycles. The number of thioether (sulfide) groups is 1. The molecule has 1 fully saturated rings. The van der Waals surface area contributed by atoms with Gasteiger partial charge in [-0.1, -0.05) is 36.1 Å². The summed E-state index contributed by atoms with van der Waals surface area (Å²) in [6.07, 6.45) is 1.75. The molecule has 1 aromatic rings. The van der Waals surface area contributed by atoms with Crippen molar-refractivity contribution in [3.05, 3.63) is 34.7 Å². The molecule has 7 heteroatoms. The second-order valence-corrected chi connectivity index (χ2v) is 6.43. The van der Waals surface area contributed by atoms with Gasteiger partial charge in [-0.2, -0.15) is 0 Å². The number of methoxy groups -OCH3 is 1. The maximum absolute atomic E-state index is 12.5. The number of rotatable bonds is 5. The fourth-order valence-corrected chi connectivity index (χ4v) is 3.49. The number of nitrogens with zero attached hydrogens (tertiary/aromatic N) is 1. The third-order valence-electron chi connectivity index (χ3n) is 3.24. The van der Waals surface area contributed by atoms with Crippen molar-refractivity contribution in [2.75, 3.05) is 13.7 Å². The molecule has 0 N–H and O–H groups in total. The van der Waals surface area contributed by atoms with E-state index < -0.39 is 12.0 Å². The molecule has 1 saturated heterocycles. The van der Waals surface area contributed by atoms with E-state index in [1.54, 1.807) is 13.0 Å². The molecule has 1 atom stereocenters. The minimum atomic E-state index is -0.737. The zero-order chi connectivity index (χ0) is 17.0. The third-order valence-corrected chi connectivity index (χ3v) is 4.57. The molecule has 23 heavy (non-hydrogen) atoms. The molecule has 0 unspecified atom stereocenters. The normalized spacial score (nSPS) is 17.5. The van der Waals surface area contributed by atoms with Crippen molar-refractivity contribution in [2.24, 2.45) is 0 Å². The van der Waals surface area contributed by atoms with E-state index in [1.807, 2.05) is 31.2 Å². The Morgan fingerprint density at radius 3 is 2.61 bits per heavy atom. The number of thiocarbonyl (C=S) groups is 1. The van der Waals surface area contributed by atoms with Crippen molar-refractivity contribution in [1.82, 2.24) is 4.90 Å². The maximum atomic E-state index is 12.5. The van der Waals surface area contributed by atoms with Crippen LogP contribution in [0.25, 0.3) is 6.08 Å². The first-order chi connectivity index (χ1) is 11.0. The van der Waals surface area contributed by atoms with Crippen LogP contribution in [-0.2, 0) is 14.3 Å². The molecular weight excluding hydrogens is 334 g/mol. The van der Waals surface area contributed by atoms with E-state index in [0.29, 0.717) is 15.8 Å². The van der Waals surface area contributed by atoms with Gasteiger partial charge >= 0.3 is 5.97 Å². The largest absolute Gasteiger partial charge is 0.494 e. The number of ether oxygens (including phenoxy) is 2. The molecule has 1 heterocycles. The number of amides is 1. The second kappa shape index (κ2) is 7.61. The molecule has 0 aliphatic carbocycles. The fourth-order valence-electron chi connectivity index (χ4n) is 2.07. The summed E-state index contributed by atoms with van der Waals surface area (Å²) < 4.78 is 10.4. The van der Waals surface area contributed by atoms with E-state index in [-0.39, 0.29) is 5.91 Å². The van der Waals surface area contributed by atoms with Gasteiger partial charge in [-0.3, -0.25) is 9.69 Å². The van der Waals surface area contributed by atoms with Crippen LogP contribution in [0.15, 0.2) is 29.2 Å². The molecule has 1 aliphatic heterocycles. The standard InChI is InChI=1S/C16H17NO4S2/c1-4-21-12-7-5-11(6-8-12)9-13-14(18)17(16(22)23-13)10(2)15(19)20-3/h5-10H,4H2,1-3H3/b13-9+/t10-/m0/s1. The maximum Gasteiger partial charge on any atom is 0.328 e. The van der Waals surface area contributed by atoms with Crippen LogP contribution >= 0.6 is 24.0 Å². The molecule has 0 saturated carbocycles. The van der Waals surface area contributed by atoms with Gasteiger partial charge in [0.2, 0.25) is 0 Å². The minimum absolute atomic E-state index is 0.285. The zero-order valence-electron chi connectivity index (χ0n) is 13.1. The van der Waals surface area contributed by atoms with Crippen LogP contribution in [0.5, 0.6) is 5.75 Å². The van der Waals surface area contributed by atoms with Gasteiger partial charge in [0.1, 0.15) is 16.1 Å². The number of benzene rings is 1. The lowest BCUT2D eigenvalue weighted by atomic mass is 10.2. The van der Waals surface area contributed by atoms with Gasteiger partial charge in [-0.15, -0.1) is 0 Å². The van der Waals surface area contributed by atoms with Crippen LogP contribution in [0.3, 0.4) is 0 Å². The third kappa shape index (κ3) is 3.92. The van der Waals surface area contributed by atoms with Crippen molar-refractivity contribution in [3.8, 4) is 5.75 Å². The van der Waals surface area contributed by atoms with Gasteiger partial charge in [0.05, 0.1) is 18.6 Å². The number of hydrogen-bond acceptors (Lipinski definition) is 6.